The van der Waals surface area contributed by atoms with E-state index in [-0.39, 0.29) is 6.10 Å². The van der Waals surface area contributed by atoms with Crippen molar-refractivity contribution in [2.24, 2.45) is 5.92 Å². The number of rotatable bonds is 3. The second kappa shape index (κ2) is 5.67. The zero-order valence-corrected chi connectivity index (χ0v) is 11.1. The third-order valence-corrected chi connectivity index (χ3v) is 3.80. The Labute approximate surface area is 108 Å². The largest absolute Gasteiger partial charge is 0.393 e. The summed E-state index contributed by atoms with van der Waals surface area (Å²) < 4.78 is 0. The molecule has 1 unspecified atom stereocenters. The van der Waals surface area contributed by atoms with E-state index in [0.29, 0.717) is 5.92 Å². The lowest BCUT2D eigenvalue weighted by molar-refractivity contribution is 0.110. The van der Waals surface area contributed by atoms with Gasteiger partial charge in [-0.3, -0.25) is 0 Å². The van der Waals surface area contributed by atoms with Crippen molar-refractivity contribution in [3.05, 3.63) is 23.9 Å². The molecular formula is C14H22N2O2. The van der Waals surface area contributed by atoms with Gasteiger partial charge in [0.2, 0.25) is 0 Å². The van der Waals surface area contributed by atoms with Crippen LogP contribution in [0.2, 0.25) is 0 Å². The standard InChI is InChI=1S/C14H22N2O2/c1-10(17)12-5-7-16(8-6-12)14-4-3-13(9-15-14)11(2)18/h3-4,9-12,17-18H,5-8H2,1-2H3/t10?,11-/m1/s1. The molecule has 2 atom stereocenters. The normalized spacial score (nSPS) is 20.8. The number of hydrogen-bond acceptors (Lipinski definition) is 4. The number of nitrogens with zero attached hydrogens (tertiary/aromatic N) is 2. The number of pyridine rings is 1. The molecule has 0 amide bonds. The van der Waals surface area contributed by atoms with Gasteiger partial charge in [0, 0.05) is 19.3 Å². The molecule has 2 heterocycles. The van der Waals surface area contributed by atoms with Gasteiger partial charge in [0.1, 0.15) is 5.82 Å². The number of piperidine rings is 1. The molecule has 1 fully saturated rings. The topological polar surface area (TPSA) is 56.6 Å². The summed E-state index contributed by atoms with van der Waals surface area (Å²) in [6.07, 6.45) is 3.08. The summed E-state index contributed by atoms with van der Waals surface area (Å²) in [5.74, 6) is 1.38. The quantitative estimate of drug-likeness (QED) is 0.858. The Kier molecular flexibility index (Phi) is 4.19. The van der Waals surface area contributed by atoms with Crippen molar-refractivity contribution in [2.75, 3.05) is 18.0 Å². The van der Waals surface area contributed by atoms with Crippen molar-refractivity contribution in [2.45, 2.75) is 38.9 Å². The first-order valence-electron chi connectivity index (χ1n) is 6.65. The first-order chi connectivity index (χ1) is 8.58. The van der Waals surface area contributed by atoms with Gasteiger partial charge >= 0.3 is 0 Å². The van der Waals surface area contributed by atoms with Crippen LogP contribution in [-0.2, 0) is 0 Å². The fraction of sp³-hybridized carbons (Fsp3) is 0.643. The highest BCUT2D eigenvalue weighted by atomic mass is 16.3. The summed E-state index contributed by atoms with van der Waals surface area (Å²) in [4.78, 5) is 6.64. The van der Waals surface area contributed by atoms with Gasteiger partial charge in [0.25, 0.3) is 0 Å². The van der Waals surface area contributed by atoms with Crippen LogP contribution in [0.1, 0.15) is 38.4 Å². The third kappa shape index (κ3) is 3.00. The summed E-state index contributed by atoms with van der Waals surface area (Å²) in [6.45, 7) is 5.49. The van der Waals surface area contributed by atoms with Crippen molar-refractivity contribution in [3.8, 4) is 0 Å². The van der Waals surface area contributed by atoms with Crippen molar-refractivity contribution in [3.63, 3.8) is 0 Å². The van der Waals surface area contributed by atoms with Crippen molar-refractivity contribution in [1.82, 2.24) is 4.98 Å². The minimum Gasteiger partial charge on any atom is -0.393 e. The Balaban J connectivity index is 1.97. The summed E-state index contributed by atoms with van der Waals surface area (Å²) in [5.41, 5.74) is 0.845. The molecule has 0 spiro atoms. The zero-order valence-electron chi connectivity index (χ0n) is 11.1. The molecular weight excluding hydrogens is 228 g/mol. The van der Waals surface area contributed by atoms with Gasteiger partial charge in [-0.1, -0.05) is 6.07 Å². The molecule has 1 aliphatic heterocycles. The van der Waals surface area contributed by atoms with Crippen LogP contribution >= 0.6 is 0 Å². The minimum absolute atomic E-state index is 0.210. The number of anilines is 1. The number of hydrogen-bond donors (Lipinski definition) is 2. The molecule has 0 aromatic carbocycles. The second-order valence-corrected chi connectivity index (χ2v) is 5.19. The third-order valence-electron chi connectivity index (χ3n) is 3.80. The van der Waals surface area contributed by atoms with Crippen molar-refractivity contribution in [1.29, 1.82) is 0 Å². The van der Waals surface area contributed by atoms with Crippen molar-refractivity contribution < 1.29 is 10.2 Å². The smallest absolute Gasteiger partial charge is 0.128 e. The molecule has 1 saturated heterocycles. The lowest BCUT2D eigenvalue weighted by Crippen LogP contribution is -2.37. The van der Waals surface area contributed by atoms with Crippen LogP contribution in [0.15, 0.2) is 18.3 Å². The highest BCUT2D eigenvalue weighted by Gasteiger charge is 2.23. The molecule has 2 rings (SSSR count). The van der Waals surface area contributed by atoms with E-state index in [1.165, 1.54) is 0 Å². The minimum atomic E-state index is -0.465. The Morgan fingerprint density at radius 3 is 2.33 bits per heavy atom. The molecule has 100 valence electrons. The SMILES string of the molecule is CC(O)C1CCN(c2ccc([C@@H](C)O)cn2)CC1. The van der Waals surface area contributed by atoms with Crippen LogP contribution in [-0.4, -0.2) is 34.4 Å². The van der Waals surface area contributed by atoms with E-state index in [1.54, 1.807) is 13.1 Å². The van der Waals surface area contributed by atoms with Gasteiger partial charge in [0.15, 0.2) is 0 Å². The molecule has 2 N–H and O–H groups in total. The van der Waals surface area contributed by atoms with Crippen LogP contribution in [0, 0.1) is 5.92 Å². The van der Waals surface area contributed by atoms with Gasteiger partial charge in [0.05, 0.1) is 12.2 Å². The highest BCUT2D eigenvalue weighted by molar-refractivity contribution is 5.40. The lowest BCUT2D eigenvalue weighted by Gasteiger charge is -2.34. The molecule has 4 heteroatoms. The van der Waals surface area contributed by atoms with Gasteiger partial charge in [-0.2, -0.15) is 0 Å². The van der Waals surface area contributed by atoms with Crippen molar-refractivity contribution >= 4 is 5.82 Å². The highest BCUT2D eigenvalue weighted by Crippen LogP contribution is 2.24. The van der Waals surface area contributed by atoms with E-state index < -0.39 is 6.10 Å². The molecule has 0 bridgehead atoms. The van der Waals surface area contributed by atoms with Gasteiger partial charge in [-0.25, -0.2) is 4.98 Å². The monoisotopic (exact) mass is 250 g/mol. The molecule has 18 heavy (non-hydrogen) atoms. The van der Waals surface area contributed by atoms with E-state index in [0.717, 1.165) is 37.3 Å². The molecule has 0 saturated carbocycles. The van der Waals surface area contributed by atoms with Gasteiger partial charge < -0.3 is 15.1 Å². The van der Waals surface area contributed by atoms with E-state index in [2.05, 4.69) is 9.88 Å². The summed E-state index contributed by atoms with van der Waals surface area (Å²) in [6, 6.07) is 3.89. The summed E-state index contributed by atoms with van der Waals surface area (Å²) in [5, 5.41) is 19.0. The maximum atomic E-state index is 9.57. The average molecular weight is 250 g/mol. The predicted molar refractivity (Wildman–Crippen MR) is 71.5 cm³/mol. The van der Waals surface area contributed by atoms with Crippen LogP contribution in [0.5, 0.6) is 0 Å². The second-order valence-electron chi connectivity index (χ2n) is 5.19. The zero-order chi connectivity index (χ0) is 13.1. The van der Waals surface area contributed by atoms with Crippen LogP contribution in [0.3, 0.4) is 0 Å². The molecule has 1 aliphatic rings. The fourth-order valence-corrected chi connectivity index (χ4v) is 2.44. The Bertz CT molecular complexity index is 368. The Hall–Kier alpha value is -1.13. The molecule has 1 aromatic heterocycles. The Morgan fingerprint density at radius 2 is 1.89 bits per heavy atom. The van der Waals surface area contributed by atoms with Crippen LogP contribution < -0.4 is 4.90 Å². The van der Waals surface area contributed by atoms with E-state index in [1.807, 2.05) is 19.1 Å². The van der Waals surface area contributed by atoms with E-state index >= 15 is 0 Å². The van der Waals surface area contributed by atoms with Gasteiger partial charge in [-0.05, 0) is 44.2 Å². The molecule has 0 aliphatic carbocycles. The molecule has 1 aromatic rings. The summed E-state index contributed by atoms with van der Waals surface area (Å²) >= 11 is 0. The number of aliphatic hydroxyl groups is 2. The number of aromatic nitrogens is 1. The summed E-state index contributed by atoms with van der Waals surface area (Å²) in [7, 11) is 0. The first-order valence-corrected chi connectivity index (χ1v) is 6.65. The van der Waals surface area contributed by atoms with Crippen LogP contribution in [0.25, 0.3) is 0 Å². The van der Waals surface area contributed by atoms with Gasteiger partial charge in [-0.15, -0.1) is 0 Å². The number of aliphatic hydroxyl groups excluding tert-OH is 2. The predicted octanol–water partition coefficient (Wildman–Crippen LogP) is 1.73. The van der Waals surface area contributed by atoms with E-state index in [9.17, 15) is 10.2 Å². The average Bonchev–Trinajstić information content (AvgIpc) is 2.39. The molecule has 0 radical (unpaired) electrons. The first kappa shape index (κ1) is 13.3. The Morgan fingerprint density at radius 1 is 1.22 bits per heavy atom. The lowest BCUT2D eigenvalue weighted by atomic mass is 9.92. The van der Waals surface area contributed by atoms with E-state index in [4.69, 9.17) is 0 Å². The van der Waals surface area contributed by atoms with Crippen LogP contribution in [0.4, 0.5) is 5.82 Å². The molecule has 4 nitrogen and oxygen atoms in total. The fourth-order valence-electron chi connectivity index (χ4n) is 2.44. The maximum absolute atomic E-state index is 9.57. The maximum Gasteiger partial charge on any atom is 0.128 e.